The fourth-order valence-corrected chi connectivity index (χ4v) is 4.62. The monoisotopic (exact) mass is 415 g/mol. The van der Waals surface area contributed by atoms with E-state index in [-0.39, 0.29) is 10.6 Å². The summed E-state index contributed by atoms with van der Waals surface area (Å²) in [5.41, 5.74) is 0.979. The zero-order valence-electron chi connectivity index (χ0n) is 15.7. The third-order valence-electron chi connectivity index (χ3n) is 4.59. The zero-order valence-corrected chi connectivity index (χ0v) is 16.5. The molecule has 1 aliphatic heterocycles. The molecule has 1 saturated heterocycles. The van der Waals surface area contributed by atoms with Crippen LogP contribution in [0.5, 0.6) is 0 Å². The van der Waals surface area contributed by atoms with Crippen LogP contribution in [0.3, 0.4) is 0 Å². The van der Waals surface area contributed by atoms with Crippen LogP contribution in [0.2, 0.25) is 0 Å². The fraction of sp³-hybridized carbons (Fsp3) is 0.250. The third kappa shape index (κ3) is 5.27. The van der Waals surface area contributed by atoms with Crippen molar-refractivity contribution in [2.24, 2.45) is 0 Å². The molecule has 0 radical (unpaired) electrons. The summed E-state index contributed by atoms with van der Waals surface area (Å²) < 4.78 is 27.0. The first-order valence-electron chi connectivity index (χ1n) is 9.20. The van der Waals surface area contributed by atoms with Crippen molar-refractivity contribution in [3.05, 3.63) is 70.3 Å². The Morgan fingerprint density at radius 3 is 2.41 bits per heavy atom. The number of benzene rings is 2. The molecule has 9 heteroatoms. The van der Waals surface area contributed by atoms with E-state index in [1.807, 2.05) is 0 Å². The van der Waals surface area contributed by atoms with Gasteiger partial charge in [0, 0.05) is 37.0 Å². The lowest BCUT2D eigenvalue weighted by Gasteiger charge is -2.26. The lowest BCUT2D eigenvalue weighted by atomic mass is 10.2. The Labute approximate surface area is 169 Å². The molecule has 1 amide bonds. The molecule has 1 N–H and O–H groups in total. The zero-order chi connectivity index (χ0) is 20.9. The first kappa shape index (κ1) is 20.7. The smallest absolute Gasteiger partial charge is 0.269 e. The number of amides is 1. The molecule has 3 rings (SSSR count). The lowest BCUT2D eigenvalue weighted by molar-refractivity contribution is -0.384. The summed E-state index contributed by atoms with van der Waals surface area (Å²) in [6, 6.07) is 12.0. The van der Waals surface area contributed by atoms with Crippen LogP contribution in [0.25, 0.3) is 6.08 Å². The minimum Gasteiger partial charge on any atom is -0.322 e. The van der Waals surface area contributed by atoms with Crippen LogP contribution in [-0.2, 0) is 14.8 Å². The van der Waals surface area contributed by atoms with Gasteiger partial charge < -0.3 is 5.32 Å². The maximum absolute atomic E-state index is 12.8. The van der Waals surface area contributed by atoms with Crippen LogP contribution >= 0.6 is 0 Å². The van der Waals surface area contributed by atoms with Crippen LogP contribution in [0.4, 0.5) is 11.4 Å². The number of hydrogen-bond donors (Lipinski definition) is 1. The van der Waals surface area contributed by atoms with Crippen molar-refractivity contribution in [3.8, 4) is 0 Å². The minimum atomic E-state index is -3.58. The van der Waals surface area contributed by atoms with E-state index in [9.17, 15) is 23.3 Å². The van der Waals surface area contributed by atoms with Crippen LogP contribution in [0.1, 0.15) is 24.8 Å². The molecule has 152 valence electrons. The average Bonchev–Trinajstić information content (AvgIpc) is 2.73. The van der Waals surface area contributed by atoms with E-state index < -0.39 is 20.9 Å². The summed E-state index contributed by atoms with van der Waals surface area (Å²) in [5.74, 6) is -0.434. The predicted octanol–water partition coefficient (Wildman–Crippen LogP) is 3.42. The summed E-state index contributed by atoms with van der Waals surface area (Å²) in [6.07, 6.45) is 5.54. The first-order chi connectivity index (χ1) is 13.9. The van der Waals surface area contributed by atoms with Crippen molar-refractivity contribution in [1.29, 1.82) is 0 Å². The summed E-state index contributed by atoms with van der Waals surface area (Å²) in [5, 5.41) is 13.3. The van der Waals surface area contributed by atoms with Crippen molar-refractivity contribution in [1.82, 2.24) is 4.31 Å². The molecule has 0 aliphatic carbocycles. The number of sulfonamides is 1. The molecular formula is C20H21N3O5S. The molecule has 0 unspecified atom stereocenters. The van der Waals surface area contributed by atoms with Crippen molar-refractivity contribution in [3.63, 3.8) is 0 Å². The molecule has 0 spiro atoms. The lowest BCUT2D eigenvalue weighted by Crippen LogP contribution is -2.35. The van der Waals surface area contributed by atoms with Crippen molar-refractivity contribution >= 4 is 33.4 Å². The topological polar surface area (TPSA) is 110 Å². The van der Waals surface area contributed by atoms with Crippen LogP contribution in [0, 0.1) is 10.1 Å². The van der Waals surface area contributed by atoms with E-state index in [1.54, 1.807) is 12.1 Å². The SMILES string of the molecule is O=C(/C=C/c1ccc([N+](=O)[O-])cc1)Nc1cccc(S(=O)(=O)N2CCCCC2)c1. The molecule has 1 fully saturated rings. The number of carbonyl (C=O) groups is 1. The van der Waals surface area contributed by atoms with Gasteiger partial charge in [-0.15, -0.1) is 0 Å². The van der Waals surface area contributed by atoms with Gasteiger partial charge in [0.1, 0.15) is 0 Å². The number of nitro benzene ring substituents is 1. The van der Waals surface area contributed by atoms with E-state index in [0.29, 0.717) is 24.3 Å². The van der Waals surface area contributed by atoms with Crippen molar-refractivity contribution in [2.75, 3.05) is 18.4 Å². The molecule has 0 bridgehead atoms. The average molecular weight is 415 g/mol. The van der Waals surface area contributed by atoms with E-state index >= 15 is 0 Å². The fourth-order valence-electron chi connectivity index (χ4n) is 3.05. The number of nitro groups is 1. The van der Waals surface area contributed by atoms with Gasteiger partial charge in [0.2, 0.25) is 15.9 Å². The van der Waals surface area contributed by atoms with Gasteiger partial charge in [-0.05, 0) is 54.8 Å². The maximum Gasteiger partial charge on any atom is 0.269 e. The number of rotatable bonds is 6. The van der Waals surface area contributed by atoms with Gasteiger partial charge in [0.15, 0.2) is 0 Å². The number of piperidine rings is 1. The second kappa shape index (κ2) is 8.97. The van der Waals surface area contributed by atoms with E-state index in [1.165, 1.54) is 52.9 Å². The Bertz CT molecular complexity index is 1030. The Morgan fingerprint density at radius 2 is 1.76 bits per heavy atom. The second-order valence-corrected chi connectivity index (χ2v) is 8.60. The Morgan fingerprint density at radius 1 is 1.07 bits per heavy atom. The van der Waals surface area contributed by atoms with Crippen LogP contribution in [-0.4, -0.2) is 36.6 Å². The van der Waals surface area contributed by atoms with Gasteiger partial charge >= 0.3 is 0 Å². The number of carbonyl (C=O) groups excluding carboxylic acids is 1. The van der Waals surface area contributed by atoms with Gasteiger partial charge in [-0.25, -0.2) is 8.42 Å². The predicted molar refractivity (Wildman–Crippen MR) is 110 cm³/mol. The summed E-state index contributed by atoms with van der Waals surface area (Å²) in [7, 11) is -3.58. The molecular weight excluding hydrogens is 394 g/mol. The Balaban J connectivity index is 1.67. The number of anilines is 1. The van der Waals surface area contributed by atoms with Crippen LogP contribution in [0.15, 0.2) is 59.5 Å². The summed E-state index contributed by atoms with van der Waals surface area (Å²) in [6.45, 7) is 1.02. The highest BCUT2D eigenvalue weighted by molar-refractivity contribution is 7.89. The molecule has 0 atom stereocenters. The highest BCUT2D eigenvalue weighted by Gasteiger charge is 2.26. The highest BCUT2D eigenvalue weighted by Crippen LogP contribution is 2.23. The molecule has 0 aromatic heterocycles. The van der Waals surface area contributed by atoms with Crippen LogP contribution < -0.4 is 5.32 Å². The molecule has 1 aliphatic rings. The summed E-state index contributed by atoms with van der Waals surface area (Å²) in [4.78, 5) is 22.5. The Hall–Kier alpha value is -3.04. The molecule has 8 nitrogen and oxygen atoms in total. The highest BCUT2D eigenvalue weighted by atomic mass is 32.2. The second-order valence-electron chi connectivity index (χ2n) is 6.66. The van der Waals surface area contributed by atoms with Gasteiger partial charge in [0.05, 0.1) is 9.82 Å². The van der Waals surface area contributed by atoms with Gasteiger partial charge in [-0.1, -0.05) is 12.5 Å². The number of nitrogens with one attached hydrogen (secondary N) is 1. The number of hydrogen-bond acceptors (Lipinski definition) is 5. The van der Waals surface area contributed by atoms with E-state index in [0.717, 1.165) is 19.3 Å². The molecule has 1 heterocycles. The van der Waals surface area contributed by atoms with Crippen molar-refractivity contribution in [2.45, 2.75) is 24.2 Å². The minimum absolute atomic E-state index is 0.0293. The number of non-ortho nitro benzene ring substituents is 1. The van der Waals surface area contributed by atoms with Crippen molar-refractivity contribution < 1.29 is 18.1 Å². The Kier molecular flexibility index (Phi) is 6.40. The molecule has 2 aromatic carbocycles. The molecule has 0 saturated carbocycles. The number of nitrogens with zero attached hydrogens (tertiary/aromatic N) is 2. The van der Waals surface area contributed by atoms with E-state index in [2.05, 4.69) is 5.32 Å². The normalized spacial score (nSPS) is 15.3. The molecule has 2 aromatic rings. The third-order valence-corrected chi connectivity index (χ3v) is 6.48. The summed E-state index contributed by atoms with van der Waals surface area (Å²) >= 11 is 0. The van der Waals surface area contributed by atoms with E-state index in [4.69, 9.17) is 0 Å². The van der Waals surface area contributed by atoms with Gasteiger partial charge in [-0.3, -0.25) is 14.9 Å². The standard InChI is InChI=1S/C20H21N3O5S/c24-20(12-9-16-7-10-18(11-8-16)23(25)26)21-17-5-4-6-19(15-17)29(27,28)22-13-2-1-3-14-22/h4-12,15H,1-3,13-14H2,(H,21,24)/b12-9+. The first-order valence-corrected chi connectivity index (χ1v) is 10.6. The van der Waals surface area contributed by atoms with Gasteiger partial charge in [0.25, 0.3) is 5.69 Å². The van der Waals surface area contributed by atoms with Gasteiger partial charge in [-0.2, -0.15) is 4.31 Å². The molecule has 29 heavy (non-hydrogen) atoms. The maximum atomic E-state index is 12.8. The quantitative estimate of drug-likeness (QED) is 0.442. The largest absolute Gasteiger partial charge is 0.322 e.